The number of ether oxygens (including phenoxy) is 3. The molecule has 1 aliphatic heterocycles. The molecule has 0 amide bonds. The summed E-state index contributed by atoms with van der Waals surface area (Å²) in [6, 6.07) is 8.16. The summed E-state index contributed by atoms with van der Waals surface area (Å²) in [6.45, 7) is 5.84. The predicted octanol–water partition coefficient (Wildman–Crippen LogP) is 4.12. The number of esters is 1. The molecule has 4 rings (SSSR count). The molecule has 0 spiro atoms. The summed E-state index contributed by atoms with van der Waals surface area (Å²) >= 11 is 5.41. The quantitative estimate of drug-likeness (QED) is 0.289. The van der Waals surface area contributed by atoms with Crippen LogP contribution >= 0.6 is 56.5 Å². The van der Waals surface area contributed by atoms with Crippen molar-refractivity contribution in [3.63, 3.8) is 0 Å². The van der Waals surface area contributed by atoms with Crippen LogP contribution in [-0.2, 0) is 9.53 Å². The molecule has 1 atom stereocenters. The molecule has 0 aliphatic carbocycles. The minimum absolute atomic E-state index is 0.0956. The van der Waals surface area contributed by atoms with Crippen LogP contribution in [0.3, 0.4) is 0 Å². The number of hydrogen-bond acceptors (Lipinski definition) is 8. The number of phenolic OH excluding ortho intramolecular Hbond substituents is 1. The highest BCUT2D eigenvalue weighted by Crippen LogP contribution is 2.40. The average Bonchev–Trinajstić information content (AvgIpc) is 3.16. The van der Waals surface area contributed by atoms with Crippen LogP contribution in [0, 0.1) is 7.14 Å². The molecular formula is C26H24I2N2O6S. The molecular weight excluding hydrogens is 722 g/mol. The number of halogens is 2. The third-order valence-electron chi connectivity index (χ3n) is 5.67. The third-order valence-corrected chi connectivity index (χ3v) is 8.10. The van der Waals surface area contributed by atoms with Crippen molar-refractivity contribution in [1.82, 2.24) is 4.57 Å². The Morgan fingerprint density at radius 2 is 2.00 bits per heavy atom. The SMILES string of the molecule is CCOC(=O)C1=C(C)N=c2s/c(=C/c3cc(I)cc(I)c3O)c(=O)n2[C@@H]1c1cccc(OC)c1OCC. The van der Waals surface area contributed by atoms with E-state index in [0.717, 1.165) is 3.57 Å². The second-order valence-corrected chi connectivity index (χ2v) is 11.4. The van der Waals surface area contributed by atoms with Gasteiger partial charge in [0.2, 0.25) is 0 Å². The van der Waals surface area contributed by atoms with Crippen molar-refractivity contribution >= 4 is 68.6 Å². The molecule has 0 bridgehead atoms. The maximum atomic E-state index is 13.9. The minimum Gasteiger partial charge on any atom is -0.506 e. The van der Waals surface area contributed by atoms with Crippen molar-refractivity contribution in [3.05, 3.63) is 79.6 Å². The Kier molecular flexibility index (Phi) is 8.63. The van der Waals surface area contributed by atoms with Crippen LogP contribution in [0.15, 0.2) is 51.4 Å². The summed E-state index contributed by atoms with van der Waals surface area (Å²) in [7, 11) is 1.54. The molecule has 1 aliphatic rings. The van der Waals surface area contributed by atoms with Crippen LogP contribution in [0.1, 0.15) is 37.9 Å². The van der Waals surface area contributed by atoms with Gasteiger partial charge in [-0.2, -0.15) is 0 Å². The minimum atomic E-state index is -0.848. The van der Waals surface area contributed by atoms with Crippen LogP contribution in [0.5, 0.6) is 17.2 Å². The van der Waals surface area contributed by atoms with E-state index in [0.29, 0.717) is 47.8 Å². The Labute approximate surface area is 244 Å². The van der Waals surface area contributed by atoms with E-state index in [4.69, 9.17) is 14.2 Å². The molecule has 37 heavy (non-hydrogen) atoms. The van der Waals surface area contributed by atoms with Gasteiger partial charge >= 0.3 is 5.97 Å². The monoisotopic (exact) mass is 746 g/mol. The van der Waals surface area contributed by atoms with Gasteiger partial charge in [0.1, 0.15) is 11.8 Å². The van der Waals surface area contributed by atoms with Crippen molar-refractivity contribution in [2.24, 2.45) is 4.99 Å². The highest BCUT2D eigenvalue weighted by atomic mass is 127. The number of thiazole rings is 1. The second-order valence-electron chi connectivity index (χ2n) is 7.94. The number of phenols is 1. The first-order chi connectivity index (χ1) is 17.7. The summed E-state index contributed by atoms with van der Waals surface area (Å²) in [4.78, 5) is 32.1. The molecule has 8 nitrogen and oxygen atoms in total. The lowest BCUT2D eigenvalue weighted by Crippen LogP contribution is -2.40. The standard InChI is InChI=1S/C26H24I2N2O6S/c1-5-35-23-16(8-7-9-18(23)34-4)21-20(25(33)36-6-2)13(3)29-26-30(21)24(32)19(37-26)11-14-10-15(27)12-17(28)22(14)31/h7-12,21,31H,5-6H2,1-4H3/b19-11+/t21-/m1/s1. The van der Waals surface area contributed by atoms with Crippen LogP contribution in [0.4, 0.5) is 0 Å². The van der Waals surface area contributed by atoms with E-state index in [1.807, 2.05) is 13.0 Å². The van der Waals surface area contributed by atoms with Crippen molar-refractivity contribution in [2.45, 2.75) is 26.8 Å². The number of carbonyl (C=O) groups excluding carboxylic acids is 1. The summed E-state index contributed by atoms with van der Waals surface area (Å²) in [5, 5.41) is 10.6. The van der Waals surface area contributed by atoms with E-state index < -0.39 is 12.0 Å². The number of rotatable bonds is 7. The normalized spacial score (nSPS) is 15.3. The van der Waals surface area contributed by atoms with E-state index in [1.54, 1.807) is 44.2 Å². The van der Waals surface area contributed by atoms with Gasteiger partial charge in [0.05, 0.1) is 39.7 Å². The zero-order valence-electron chi connectivity index (χ0n) is 20.5. The molecule has 0 saturated carbocycles. The van der Waals surface area contributed by atoms with Crippen LogP contribution in [0.2, 0.25) is 0 Å². The van der Waals surface area contributed by atoms with E-state index in [2.05, 4.69) is 50.2 Å². The molecule has 11 heteroatoms. The Morgan fingerprint density at radius 3 is 2.68 bits per heavy atom. The zero-order valence-corrected chi connectivity index (χ0v) is 25.6. The fraction of sp³-hybridized carbons (Fsp3) is 0.269. The highest BCUT2D eigenvalue weighted by Gasteiger charge is 2.36. The van der Waals surface area contributed by atoms with Crippen LogP contribution < -0.4 is 24.4 Å². The first-order valence-electron chi connectivity index (χ1n) is 11.4. The Hall–Kier alpha value is -2.39. The van der Waals surface area contributed by atoms with Gasteiger partial charge in [-0.15, -0.1) is 0 Å². The molecule has 0 fully saturated rings. The first-order valence-corrected chi connectivity index (χ1v) is 14.4. The Balaban J connectivity index is 2.04. The molecule has 0 saturated heterocycles. The number of aromatic nitrogens is 1. The summed E-state index contributed by atoms with van der Waals surface area (Å²) in [5.41, 5.74) is 1.46. The average molecular weight is 746 g/mol. The van der Waals surface area contributed by atoms with E-state index in [9.17, 15) is 14.7 Å². The van der Waals surface area contributed by atoms with Crippen molar-refractivity contribution in [1.29, 1.82) is 0 Å². The van der Waals surface area contributed by atoms with Crippen LogP contribution in [-0.4, -0.2) is 36.0 Å². The first kappa shape index (κ1) is 27.6. The molecule has 3 aromatic rings. The van der Waals surface area contributed by atoms with Gasteiger partial charge in [0, 0.05) is 14.7 Å². The maximum absolute atomic E-state index is 13.9. The number of allylic oxidation sites excluding steroid dienone is 1. The smallest absolute Gasteiger partial charge is 0.338 e. The van der Waals surface area contributed by atoms with Gasteiger partial charge in [0.15, 0.2) is 16.3 Å². The van der Waals surface area contributed by atoms with Gasteiger partial charge in [-0.05, 0) is 90.2 Å². The Bertz CT molecular complexity index is 1590. The number of methoxy groups -OCH3 is 1. The fourth-order valence-corrected chi connectivity index (χ4v) is 7.06. The molecule has 194 valence electrons. The second kappa shape index (κ2) is 11.6. The molecule has 0 radical (unpaired) electrons. The number of benzene rings is 2. The zero-order chi connectivity index (χ0) is 26.9. The molecule has 2 aromatic carbocycles. The lowest BCUT2D eigenvalue weighted by molar-refractivity contribution is -0.139. The topological polar surface area (TPSA) is 99.4 Å². The lowest BCUT2D eigenvalue weighted by atomic mass is 9.94. The van der Waals surface area contributed by atoms with Crippen molar-refractivity contribution in [3.8, 4) is 17.2 Å². The number of para-hydroxylation sites is 1. The van der Waals surface area contributed by atoms with Gasteiger partial charge in [-0.3, -0.25) is 9.36 Å². The third kappa shape index (κ3) is 5.30. The lowest BCUT2D eigenvalue weighted by Gasteiger charge is -2.26. The largest absolute Gasteiger partial charge is 0.506 e. The van der Waals surface area contributed by atoms with Crippen molar-refractivity contribution < 1.29 is 24.1 Å². The van der Waals surface area contributed by atoms with Gasteiger partial charge in [-0.25, -0.2) is 9.79 Å². The van der Waals surface area contributed by atoms with E-state index >= 15 is 0 Å². The molecule has 1 N–H and O–H groups in total. The van der Waals surface area contributed by atoms with Crippen LogP contribution in [0.25, 0.3) is 6.08 Å². The van der Waals surface area contributed by atoms with Gasteiger partial charge in [0.25, 0.3) is 5.56 Å². The Morgan fingerprint density at radius 1 is 1.24 bits per heavy atom. The van der Waals surface area contributed by atoms with E-state index in [-0.39, 0.29) is 23.5 Å². The summed E-state index contributed by atoms with van der Waals surface area (Å²) in [6.07, 6.45) is 1.65. The maximum Gasteiger partial charge on any atom is 0.338 e. The molecule has 2 heterocycles. The molecule has 0 unspecified atom stereocenters. The summed E-state index contributed by atoms with van der Waals surface area (Å²) < 4.78 is 20.3. The number of nitrogens with zero attached hydrogens (tertiary/aromatic N) is 2. The predicted molar refractivity (Wildman–Crippen MR) is 158 cm³/mol. The highest BCUT2D eigenvalue weighted by molar-refractivity contribution is 14.1. The van der Waals surface area contributed by atoms with E-state index in [1.165, 1.54) is 23.0 Å². The van der Waals surface area contributed by atoms with Crippen molar-refractivity contribution in [2.75, 3.05) is 20.3 Å². The fourth-order valence-electron chi connectivity index (χ4n) is 4.13. The number of aromatic hydroxyl groups is 1. The number of carbonyl (C=O) groups is 1. The number of fused-ring (bicyclic) bond motifs is 1. The molecule has 1 aromatic heterocycles. The van der Waals surface area contributed by atoms with Gasteiger partial charge in [-0.1, -0.05) is 23.5 Å². The number of hydrogen-bond donors (Lipinski definition) is 1. The van der Waals surface area contributed by atoms with Gasteiger partial charge < -0.3 is 19.3 Å². The summed E-state index contributed by atoms with van der Waals surface area (Å²) in [5.74, 6) is 0.461.